The van der Waals surface area contributed by atoms with Crippen LogP contribution < -0.4 is 0 Å². The largest absolute Gasteiger partial charge is 0.207 e. The van der Waals surface area contributed by atoms with Gasteiger partial charge in [-0.2, -0.15) is 0 Å². The Kier molecular flexibility index (Phi) is 4.49. The molecule has 0 heterocycles. The van der Waals surface area contributed by atoms with Crippen LogP contribution in [0.1, 0.15) is 21.5 Å². The molecule has 2 aromatic rings. The van der Waals surface area contributed by atoms with Gasteiger partial charge in [0.15, 0.2) is 0 Å². The van der Waals surface area contributed by atoms with Crippen LogP contribution in [0.25, 0.3) is 0 Å². The summed E-state index contributed by atoms with van der Waals surface area (Å²) in [5, 5.41) is 0.827. The van der Waals surface area contributed by atoms with Crippen LogP contribution in [-0.2, 0) is 0 Å². The molecule has 2 rings (SSSR count). The summed E-state index contributed by atoms with van der Waals surface area (Å²) in [5.41, 5.74) is 0.893. The number of hydrogen-bond donors (Lipinski definition) is 0. The molecule has 0 aromatic heterocycles. The van der Waals surface area contributed by atoms with Gasteiger partial charge in [-0.15, -0.1) is 0 Å². The Labute approximate surface area is 128 Å². The highest BCUT2D eigenvalue weighted by Crippen LogP contribution is 2.39. The van der Waals surface area contributed by atoms with E-state index in [1.807, 2.05) is 0 Å². The summed E-state index contributed by atoms with van der Waals surface area (Å²) in [5.74, 6) is -1.19. The molecule has 0 aliphatic carbocycles. The van der Waals surface area contributed by atoms with Gasteiger partial charge in [-0.3, -0.25) is 0 Å². The van der Waals surface area contributed by atoms with E-state index in [0.29, 0.717) is 21.2 Å². The van der Waals surface area contributed by atoms with Crippen molar-refractivity contribution >= 4 is 39.1 Å². The third kappa shape index (κ3) is 2.93. The van der Waals surface area contributed by atoms with E-state index in [-0.39, 0.29) is 5.56 Å². The molecule has 0 saturated carbocycles. The zero-order valence-corrected chi connectivity index (χ0v) is 13.0. The first-order valence-electron chi connectivity index (χ1n) is 5.45. The maximum Gasteiger partial charge on any atom is 0.133 e. The third-order valence-corrected chi connectivity index (χ3v) is 4.32. The van der Waals surface area contributed by atoms with Crippen LogP contribution >= 0.6 is 39.1 Å². The molecule has 0 aliphatic rings. The maximum absolute atomic E-state index is 14.1. The first kappa shape index (κ1) is 14.8. The summed E-state index contributed by atoms with van der Waals surface area (Å²) in [7, 11) is 0. The Morgan fingerprint density at radius 1 is 1.11 bits per heavy atom. The van der Waals surface area contributed by atoms with E-state index in [9.17, 15) is 8.78 Å². The molecule has 0 saturated heterocycles. The fourth-order valence-electron chi connectivity index (χ4n) is 1.77. The Hall–Kier alpha value is -0.640. The van der Waals surface area contributed by atoms with Crippen molar-refractivity contribution in [1.29, 1.82) is 0 Å². The van der Waals surface area contributed by atoms with Crippen molar-refractivity contribution in [3.8, 4) is 0 Å². The molecule has 100 valence electrons. The van der Waals surface area contributed by atoms with Gasteiger partial charge in [-0.25, -0.2) is 8.78 Å². The second kappa shape index (κ2) is 5.78. The standard InChI is InChI=1S/C14H9BrCl2F2/c1-7-2-5-11(18)12(14(7)19)13(15)9-4-3-8(16)6-10(9)17/h2-6,13H,1H3. The van der Waals surface area contributed by atoms with Crippen molar-refractivity contribution in [2.24, 2.45) is 0 Å². The maximum atomic E-state index is 14.1. The molecule has 0 nitrogen and oxygen atoms in total. The number of halogens is 5. The van der Waals surface area contributed by atoms with Crippen molar-refractivity contribution in [1.82, 2.24) is 0 Å². The van der Waals surface area contributed by atoms with E-state index in [0.717, 1.165) is 0 Å². The van der Waals surface area contributed by atoms with Gasteiger partial charge in [0.1, 0.15) is 11.6 Å². The number of rotatable bonds is 2. The lowest BCUT2D eigenvalue weighted by atomic mass is 10.0. The minimum absolute atomic E-state index is 0.0516. The van der Waals surface area contributed by atoms with Crippen LogP contribution in [0.15, 0.2) is 30.3 Å². The molecule has 1 unspecified atom stereocenters. The van der Waals surface area contributed by atoms with Crippen molar-refractivity contribution < 1.29 is 8.78 Å². The fraction of sp³-hybridized carbons (Fsp3) is 0.143. The highest BCUT2D eigenvalue weighted by molar-refractivity contribution is 9.09. The second-order valence-corrected chi connectivity index (χ2v) is 5.88. The molecule has 0 aliphatic heterocycles. The highest BCUT2D eigenvalue weighted by atomic mass is 79.9. The van der Waals surface area contributed by atoms with Gasteiger partial charge in [0.25, 0.3) is 0 Å². The molecule has 0 amide bonds. The van der Waals surface area contributed by atoms with E-state index >= 15 is 0 Å². The zero-order valence-electron chi connectivity index (χ0n) is 9.85. The summed E-state index contributed by atoms with van der Waals surface area (Å²) in [6, 6.07) is 7.45. The molecule has 0 bridgehead atoms. The van der Waals surface area contributed by atoms with E-state index < -0.39 is 16.5 Å². The van der Waals surface area contributed by atoms with Gasteiger partial charge in [-0.05, 0) is 36.2 Å². The van der Waals surface area contributed by atoms with Crippen molar-refractivity contribution in [3.63, 3.8) is 0 Å². The minimum atomic E-state index is -0.669. The van der Waals surface area contributed by atoms with Gasteiger partial charge in [-0.1, -0.05) is 51.3 Å². The summed E-state index contributed by atoms with van der Waals surface area (Å²) in [6.07, 6.45) is 0. The SMILES string of the molecule is Cc1ccc(F)c(C(Br)c2ccc(Cl)cc2Cl)c1F. The molecule has 0 N–H and O–H groups in total. The predicted molar refractivity (Wildman–Crippen MR) is 78.3 cm³/mol. The molecule has 0 radical (unpaired) electrons. The lowest BCUT2D eigenvalue weighted by Crippen LogP contribution is -2.03. The Balaban J connectivity index is 2.56. The third-order valence-electron chi connectivity index (χ3n) is 2.81. The molecular weight excluding hydrogens is 357 g/mol. The topological polar surface area (TPSA) is 0 Å². The van der Waals surface area contributed by atoms with Crippen molar-refractivity contribution in [2.75, 3.05) is 0 Å². The zero-order chi connectivity index (χ0) is 14.2. The second-order valence-electron chi connectivity index (χ2n) is 4.12. The van der Waals surface area contributed by atoms with Gasteiger partial charge >= 0.3 is 0 Å². The van der Waals surface area contributed by atoms with E-state index in [4.69, 9.17) is 23.2 Å². The molecule has 0 spiro atoms. The van der Waals surface area contributed by atoms with Crippen LogP contribution in [0.5, 0.6) is 0 Å². The van der Waals surface area contributed by atoms with Crippen LogP contribution in [0.3, 0.4) is 0 Å². The summed E-state index contributed by atoms with van der Waals surface area (Å²) < 4.78 is 27.9. The summed E-state index contributed by atoms with van der Waals surface area (Å²) in [6.45, 7) is 1.58. The fourth-order valence-corrected chi connectivity index (χ4v) is 3.24. The monoisotopic (exact) mass is 364 g/mol. The van der Waals surface area contributed by atoms with Crippen LogP contribution in [0.2, 0.25) is 10.0 Å². The lowest BCUT2D eigenvalue weighted by molar-refractivity contribution is 0.555. The number of alkyl halides is 1. The molecule has 1 atom stereocenters. The molecule has 2 aromatic carbocycles. The predicted octanol–water partition coefficient (Wildman–Crippen LogP) is 6.06. The molecule has 5 heteroatoms. The van der Waals surface area contributed by atoms with Crippen LogP contribution in [0, 0.1) is 18.6 Å². The van der Waals surface area contributed by atoms with Gasteiger partial charge in [0.2, 0.25) is 0 Å². The number of benzene rings is 2. The van der Waals surface area contributed by atoms with Gasteiger partial charge in [0.05, 0.1) is 4.83 Å². The van der Waals surface area contributed by atoms with Crippen LogP contribution in [-0.4, -0.2) is 0 Å². The van der Waals surface area contributed by atoms with Gasteiger partial charge in [0, 0.05) is 15.6 Å². The summed E-state index contributed by atoms with van der Waals surface area (Å²) >= 11 is 15.2. The molecular formula is C14H9BrCl2F2. The Bertz CT molecular complexity index is 629. The lowest BCUT2D eigenvalue weighted by Gasteiger charge is -2.15. The Morgan fingerprint density at radius 3 is 2.42 bits per heavy atom. The molecule has 19 heavy (non-hydrogen) atoms. The van der Waals surface area contributed by atoms with E-state index in [1.54, 1.807) is 19.1 Å². The van der Waals surface area contributed by atoms with E-state index in [2.05, 4.69) is 15.9 Å². The average molecular weight is 366 g/mol. The van der Waals surface area contributed by atoms with Crippen LogP contribution in [0.4, 0.5) is 8.78 Å². The quantitative estimate of drug-likeness (QED) is 0.567. The number of aryl methyl sites for hydroxylation is 1. The van der Waals surface area contributed by atoms with Crippen molar-refractivity contribution in [2.45, 2.75) is 11.8 Å². The number of hydrogen-bond acceptors (Lipinski definition) is 0. The first-order valence-corrected chi connectivity index (χ1v) is 7.12. The highest BCUT2D eigenvalue weighted by Gasteiger charge is 2.22. The Morgan fingerprint density at radius 2 is 1.79 bits per heavy atom. The van der Waals surface area contributed by atoms with E-state index in [1.165, 1.54) is 18.2 Å². The first-order chi connectivity index (χ1) is 8.91. The summed E-state index contributed by atoms with van der Waals surface area (Å²) in [4.78, 5) is -0.669. The van der Waals surface area contributed by atoms with Crippen molar-refractivity contribution in [3.05, 3.63) is 68.7 Å². The average Bonchev–Trinajstić information content (AvgIpc) is 2.34. The normalized spacial score (nSPS) is 12.5. The molecule has 0 fully saturated rings. The smallest absolute Gasteiger partial charge is 0.133 e. The minimum Gasteiger partial charge on any atom is -0.207 e. The van der Waals surface area contributed by atoms with Gasteiger partial charge < -0.3 is 0 Å².